The highest BCUT2D eigenvalue weighted by Crippen LogP contribution is 2.38. The number of halogens is 3. The van der Waals surface area contributed by atoms with Crippen molar-refractivity contribution < 1.29 is 27.8 Å². The molecule has 2 N–H and O–H groups in total. The number of hydrogen-bond donors (Lipinski definition) is 2. The van der Waals surface area contributed by atoms with Gasteiger partial charge in [0.05, 0.1) is 0 Å². The van der Waals surface area contributed by atoms with Crippen molar-refractivity contribution in [2.45, 2.75) is 57.3 Å². The van der Waals surface area contributed by atoms with Crippen LogP contribution in [0.4, 0.5) is 13.2 Å². The molecule has 0 spiro atoms. The van der Waals surface area contributed by atoms with Crippen molar-refractivity contribution in [3.63, 3.8) is 0 Å². The summed E-state index contributed by atoms with van der Waals surface area (Å²) < 4.78 is 40.5. The zero-order valence-corrected chi connectivity index (χ0v) is 11.8. The maximum absolute atomic E-state index is 12.0. The van der Waals surface area contributed by atoms with Crippen LogP contribution in [0.5, 0.6) is 0 Å². The van der Waals surface area contributed by atoms with E-state index < -0.39 is 24.3 Å². The van der Waals surface area contributed by atoms with E-state index in [0.29, 0.717) is 19.3 Å². The first kappa shape index (κ1) is 17.2. The van der Waals surface area contributed by atoms with Gasteiger partial charge in [0.25, 0.3) is 0 Å². The van der Waals surface area contributed by atoms with Gasteiger partial charge in [0.1, 0.15) is 12.1 Å². The minimum Gasteiger partial charge on any atom is -0.480 e. The Bertz CT molecular complexity index is 333. The lowest BCUT2D eigenvalue weighted by atomic mass is 9.84. The Kier molecular flexibility index (Phi) is 5.82. The molecule has 0 aromatic heterocycles. The summed E-state index contributed by atoms with van der Waals surface area (Å²) in [7, 11) is 0. The Hall–Kier alpha value is -0.820. The number of hydrogen-bond acceptors (Lipinski definition) is 3. The van der Waals surface area contributed by atoms with Crippen LogP contribution in [0.25, 0.3) is 0 Å². The van der Waals surface area contributed by atoms with E-state index in [1.54, 1.807) is 0 Å². The van der Waals surface area contributed by atoms with Crippen LogP contribution in [0, 0.1) is 5.92 Å². The second-order valence-corrected chi connectivity index (χ2v) is 5.62. The second kappa shape index (κ2) is 6.76. The number of nitrogens with one attached hydrogen (secondary N) is 1. The van der Waals surface area contributed by atoms with E-state index in [0.717, 1.165) is 6.42 Å². The number of alkyl halides is 3. The normalized spacial score (nSPS) is 27.2. The second-order valence-electron chi connectivity index (χ2n) is 5.62. The molecule has 0 amide bonds. The van der Waals surface area contributed by atoms with Crippen LogP contribution in [0.1, 0.15) is 39.5 Å². The third-order valence-corrected chi connectivity index (χ3v) is 3.62. The van der Waals surface area contributed by atoms with E-state index in [1.807, 2.05) is 13.8 Å². The van der Waals surface area contributed by atoms with Crippen molar-refractivity contribution in [2.75, 3.05) is 13.2 Å². The van der Waals surface area contributed by atoms with Gasteiger partial charge < -0.3 is 9.84 Å². The molecule has 2 unspecified atom stereocenters. The Morgan fingerprint density at radius 2 is 2.15 bits per heavy atom. The van der Waals surface area contributed by atoms with Gasteiger partial charge in [-0.1, -0.05) is 6.42 Å². The Labute approximate surface area is 116 Å². The van der Waals surface area contributed by atoms with Crippen molar-refractivity contribution >= 4 is 5.97 Å². The van der Waals surface area contributed by atoms with E-state index in [9.17, 15) is 23.1 Å². The molecule has 1 aliphatic rings. The van der Waals surface area contributed by atoms with Gasteiger partial charge in [-0.3, -0.25) is 10.1 Å². The molecule has 1 rings (SSSR count). The summed E-state index contributed by atoms with van der Waals surface area (Å²) in [6.45, 7) is 2.37. The summed E-state index contributed by atoms with van der Waals surface area (Å²) in [4.78, 5) is 11.6. The fourth-order valence-corrected chi connectivity index (χ4v) is 2.93. The van der Waals surface area contributed by atoms with Crippen LogP contribution in [-0.4, -0.2) is 42.0 Å². The summed E-state index contributed by atoms with van der Waals surface area (Å²) in [5.41, 5.74) is -1.03. The highest BCUT2D eigenvalue weighted by Gasteiger charge is 2.49. The highest BCUT2D eigenvalue weighted by molar-refractivity contribution is 5.79. The summed E-state index contributed by atoms with van der Waals surface area (Å²) in [5, 5.41) is 12.6. The molecular formula is C13H22F3NO3. The lowest BCUT2D eigenvalue weighted by Crippen LogP contribution is -2.57. The van der Waals surface area contributed by atoms with Gasteiger partial charge in [0.2, 0.25) is 0 Å². The number of ether oxygens (including phenoxy) is 1. The van der Waals surface area contributed by atoms with Gasteiger partial charge in [0, 0.05) is 12.6 Å². The molecule has 7 heteroatoms. The molecule has 2 atom stereocenters. The minimum atomic E-state index is -4.34. The molecule has 1 fully saturated rings. The average Bonchev–Trinajstić information content (AvgIpc) is 2.66. The Morgan fingerprint density at radius 3 is 2.65 bits per heavy atom. The Balaban J connectivity index is 2.56. The van der Waals surface area contributed by atoms with Crippen LogP contribution >= 0.6 is 0 Å². The molecule has 0 saturated heterocycles. The van der Waals surface area contributed by atoms with E-state index in [1.165, 1.54) is 0 Å². The molecule has 0 heterocycles. The topological polar surface area (TPSA) is 58.6 Å². The standard InChI is InChI=1S/C13H22F3NO3/c1-9(2)17-12(11(18)19)6-3-4-10(12)5-7-20-8-13(14,15)16/h9-10,17H,3-8H2,1-2H3,(H,18,19). The van der Waals surface area contributed by atoms with Gasteiger partial charge in [-0.25, -0.2) is 0 Å². The SMILES string of the molecule is CC(C)NC1(C(=O)O)CCCC1CCOCC(F)(F)F. The van der Waals surface area contributed by atoms with Crippen molar-refractivity contribution in [2.24, 2.45) is 5.92 Å². The summed E-state index contributed by atoms with van der Waals surface area (Å²) in [6.07, 6.45) is -2.06. The molecule has 0 aliphatic heterocycles. The molecule has 1 aliphatic carbocycles. The predicted molar refractivity (Wildman–Crippen MR) is 67.5 cm³/mol. The molecule has 4 nitrogen and oxygen atoms in total. The van der Waals surface area contributed by atoms with Crippen LogP contribution in [0.3, 0.4) is 0 Å². The molecule has 0 aromatic carbocycles. The molecule has 0 bridgehead atoms. The quantitative estimate of drug-likeness (QED) is 0.709. The molecule has 118 valence electrons. The molecular weight excluding hydrogens is 275 g/mol. The lowest BCUT2D eigenvalue weighted by molar-refractivity contribution is -0.175. The van der Waals surface area contributed by atoms with E-state index in [2.05, 4.69) is 10.1 Å². The highest BCUT2D eigenvalue weighted by atomic mass is 19.4. The van der Waals surface area contributed by atoms with Crippen LogP contribution in [0.2, 0.25) is 0 Å². The third kappa shape index (κ3) is 4.63. The first-order chi connectivity index (χ1) is 9.17. The third-order valence-electron chi connectivity index (χ3n) is 3.62. The zero-order chi connectivity index (χ0) is 15.4. The first-order valence-corrected chi connectivity index (χ1v) is 6.83. The minimum absolute atomic E-state index is 0.00259. The molecule has 0 radical (unpaired) electrons. The number of aliphatic carboxylic acids is 1. The smallest absolute Gasteiger partial charge is 0.411 e. The number of carboxylic acid groups (broad SMARTS) is 1. The van der Waals surface area contributed by atoms with Crippen LogP contribution in [-0.2, 0) is 9.53 Å². The fraction of sp³-hybridized carbons (Fsp3) is 0.923. The summed E-state index contributed by atoms with van der Waals surface area (Å²) in [5.74, 6) is -1.12. The molecule has 20 heavy (non-hydrogen) atoms. The van der Waals surface area contributed by atoms with Crippen LogP contribution in [0.15, 0.2) is 0 Å². The summed E-state index contributed by atoms with van der Waals surface area (Å²) in [6, 6.07) is 0.00259. The van der Waals surface area contributed by atoms with Gasteiger partial charge >= 0.3 is 12.1 Å². The van der Waals surface area contributed by atoms with Gasteiger partial charge in [-0.2, -0.15) is 13.2 Å². The zero-order valence-electron chi connectivity index (χ0n) is 11.8. The van der Waals surface area contributed by atoms with Gasteiger partial charge in [0.15, 0.2) is 0 Å². The summed E-state index contributed by atoms with van der Waals surface area (Å²) >= 11 is 0. The average molecular weight is 297 g/mol. The van der Waals surface area contributed by atoms with E-state index in [-0.39, 0.29) is 18.6 Å². The largest absolute Gasteiger partial charge is 0.480 e. The number of carboxylic acids is 1. The fourth-order valence-electron chi connectivity index (χ4n) is 2.93. The van der Waals surface area contributed by atoms with Crippen molar-refractivity contribution in [1.29, 1.82) is 0 Å². The predicted octanol–water partition coefficient (Wildman–Crippen LogP) is 2.58. The molecule has 0 aromatic rings. The maximum Gasteiger partial charge on any atom is 0.411 e. The van der Waals surface area contributed by atoms with E-state index in [4.69, 9.17) is 0 Å². The van der Waals surface area contributed by atoms with Gasteiger partial charge in [-0.15, -0.1) is 0 Å². The van der Waals surface area contributed by atoms with Crippen molar-refractivity contribution in [1.82, 2.24) is 5.32 Å². The number of rotatable bonds is 7. The monoisotopic (exact) mass is 297 g/mol. The van der Waals surface area contributed by atoms with E-state index >= 15 is 0 Å². The van der Waals surface area contributed by atoms with Crippen molar-refractivity contribution in [3.8, 4) is 0 Å². The first-order valence-electron chi connectivity index (χ1n) is 6.83. The molecule has 1 saturated carbocycles. The lowest BCUT2D eigenvalue weighted by Gasteiger charge is -2.34. The van der Waals surface area contributed by atoms with Crippen LogP contribution < -0.4 is 5.32 Å². The van der Waals surface area contributed by atoms with Crippen molar-refractivity contribution in [3.05, 3.63) is 0 Å². The Morgan fingerprint density at radius 1 is 1.50 bits per heavy atom. The number of carbonyl (C=O) groups is 1. The van der Waals surface area contributed by atoms with Gasteiger partial charge in [-0.05, 0) is 39.0 Å². The maximum atomic E-state index is 12.0.